The first kappa shape index (κ1) is 30.6. The summed E-state index contributed by atoms with van der Waals surface area (Å²) in [7, 11) is 0. The summed E-state index contributed by atoms with van der Waals surface area (Å²) in [5.74, 6) is 1.91. The molecule has 0 radical (unpaired) electrons. The molecule has 1 heteroatoms. The molecule has 0 aromatic heterocycles. The van der Waals surface area contributed by atoms with Crippen molar-refractivity contribution in [3.8, 4) is 0 Å². The molecule has 0 aliphatic heterocycles. The van der Waals surface area contributed by atoms with Crippen LogP contribution in [-0.2, 0) is 27.3 Å². The molecule has 2 unspecified atom stereocenters. The Bertz CT molecular complexity index is 180. The third-order valence-electron chi connectivity index (χ3n) is 4.99. The Kier molecular flexibility index (Phi) is 33.3. The zero-order valence-corrected chi connectivity index (χ0v) is 22.6. The minimum Gasteiger partial charge on any atom is -0.343 e. The molecule has 0 N–H and O–H groups in total. The zero-order valence-electron chi connectivity index (χ0n) is 18.6. The summed E-state index contributed by atoms with van der Waals surface area (Å²) >= 11 is 0. The molecule has 148 valence electrons. The van der Waals surface area contributed by atoms with Gasteiger partial charge in [0, 0.05) is 0 Å². The van der Waals surface area contributed by atoms with Crippen molar-refractivity contribution in [2.45, 2.75) is 130 Å². The van der Waals surface area contributed by atoms with E-state index in [1.165, 1.54) is 89.9 Å². The summed E-state index contributed by atoms with van der Waals surface area (Å²) in [4.78, 5) is 0. The summed E-state index contributed by atoms with van der Waals surface area (Å²) in [6, 6.07) is 0. The van der Waals surface area contributed by atoms with E-state index in [0.29, 0.717) is 0 Å². The van der Waals surface area contributed by atoms with Crippen molar-refractivity contribution >= 4 is 0 Å². The van der Waals surface area contributed by atoms with E-state index in [1.807, 2.05) is 0 Å². The van der Waals surface area contributed by atoms with E-state index in [0.717, 1.165) is 24.7 Å². The van der Waals surface area contributed by atoms with Crippen molar-refractivity contribution in [2.75, 3.05) is 0 Å². The average Bonchev–Trinajstić information content (AvgIpc) is 2.59. The molecule has 0 aromatic carbocycles. The van der Waals surface area contributed by atoms with Gasteiger partial charge in [0.2, 0.25) is 0 Å². The number of unbranched alkanes of at least 4 members (excludes halogenated alkanes) is 8. The summed E-state index contributed by atoms with van der Waals surface area (Å²) < 4.78 is 0. The molecular weight excluding hydrogens is 401 g/mol. The van der Waals surface area contributed by atoms with E-state index in [4.69, 9.17) is 0 Å². The minimum absolute atomic E-state index is 0. The van der Waals surface area contributed by atoms with Crippen LogP contribution in [0.2, 0.25) is 0 Å². The molecule has 0 saturated carbocycles. The van der Waals surface area contributed by atoms with Crippen LogP contribution in [0.4, 0.5) is 0 Å². The maximum absolute atomic E-state index is 3.85. The van der Waals surface area contributed by atoms with Gasteiger partial charge in [0.25, 0.3) is 0 Å². The Balaban J connectivity index is -0.000000372. The molecule has 0 heterocycles. The van der Waals surface area contributed by atoms with Gasteiger partial charge >= 0.3 is 27.3 Å². The van der Waals surface area contributed by atoms with Crippen molar-refractivity contribution in [1.82, 2.24) is 0 Å². The van der Waals surface area contributed by atoms with E-state index >= 15 is 0 Å². The van der Waals surface area contributed by atoms with Gasteiger partial charge in [0.05, 0.1) is 0 Å². The van der Waals surface area contributed by atoms with Crippen LogP contribution >= 0.6 is 0 Å². The Morgan fingerprint density at radius 2 is 0.840 bits per heavy atom. The van der Waals surface area contributed by atoms with Gasteiger partial charge in [-0.25, -0.2) is 0 Å². The molecule has 25 heavy (non-hydrogen) atoms. The fourth-order valence-electron chi connectivity index (χ4n) is 3.09. The Morgan fingerprint density at radius 3 is 1.12 bits per heavy atom. The SMILES string of the molecule is [CH2-]CCCCCC(C)CCCC.[CH2-]CCCCCC(C)CCCC.[Cd+2]. The van der Waals surface area contributed by atoms with Crippen LogP contribution < -0.4 is 0 Å². The first-order chi connectivity index (χ1) is 11.6. The van der Waals surface area contributed by atoms with Gasteiger partial charge in [-0.05, 0) is 11.8 Å². The largest absolute Gasteiger partial charge is 2.00 e. The summed E-state index contributed by atoms with van der Waals surface area (Å²) in [6.07, 6.45) is 21.7. The maximum Gasteiger partial charge on any atom is 2.00 e. The second kappa shape index (κ2) is 27.1. The van der Waals surface area contributed by atoms with Crippen molar-refractivity contribution in [2.24, 2.45) is 11.8 Å². The molecule has 2 atom stereocenters. The molecule has 0 saturated heterocycles. The van der Waals surface area contributed by atoms with Crippen LogP contribution in [0.3, 0.4) is 0 Å². The Morgan fingerprint density at radius 1 is 0.520 bits per heavy atom. The van der Waals surface area contributed by atoms with Crippen molar-refractivity contribution in [3.05, 3.63) is 13.8 Å². The maximum atomic E-state index is 3.85. The first-order valence-electron chi connectivity index (χ1n) is 11.2. The van der Waals surface area contributed by atoms with Gasteiger partial charge in [0.15, 0.2) is 0 Å². The van der Waals surface area contributed by atoms with E-state index in [-0.39, 0.29) is 27.3 Å². The second-order valence-electron chi connectivity index (χ2n) is 7.90. The van der Waals surface area contributed by atoms with Gasteiger partial charge in [-0.15, -0.1) is 0 Å². The van der Waals surface area contributed by atoms with Gasteiger partial charge < -0.3 is 13.8 Å². The monoisotopic (exact) mass is 452 g/mol. The van der Waals surface area contributed by atoms with Crippen LogP contribution in [0.5, 0.6) is 0 Å². The minimum atomic E-state index is 0. The third kappa shape index (κ3) is 29.9. The molecular formula is C24H50Cd. The van der Waals surface area contributed by atoms with Crippen LogP contribution in [0.15, 0.2) is 0 Å². The van der Waals surface area contributed by atoms with Crippen LogP contribution in [0.25, 0.3) is 0 Å². The van der Waals surface area contributed by atoms with Crippen LogP contribution in [0, 0.1) is 25.7 Å². The molecule has 0 nitrogen and oxygen atoms in total. The van der Waals surface area contributed by atoms with E-state index in [1.54, 1.807) is 0 Å². The van der Waals surface area contributed by atoms with Crippen molar-refractivity contribution < 1.29 is 27.3 Å². The van der Waals surface area contributed by atoms with Crippen LogP contribution in [-0.4, -0.2) is 0 Å². The fourth-order valence-corrected chi connectivity index (χ4v) is 3.09. The molecule has 0 spiro atoms. The standard InChI is InChI=1S/2C12H25.Cd/c2*1-4-6-8-9-11-12(3)10-7-5-2;/h2*12H,1,4-11H2,2-3H3;/q2*-1;+2. The molecule has 0 aromatic rings. The normalized spacial score (nSPS) is 12.7. The predicted molar refractivity (Wildman–Crippen MR) is 114 cm³/mol. The quantitative estimate of drug-likeness (QED) is 0.125. The molecule has 0 amide bonds. The molecule has 0 aliphatic rings. The fraction of sp³-hybridized carbons (Fsp3) is 0.917. The summed E-state index contributed by atoms with van der Waals surface area (Å²) in [5.41, 5.74) is 0. The molecule has 0 rings (SSSR count). The van der Waals surface area contributed by atoms with Crippen molar-refractivity contribution in [3.63, 3.8) is 0 Å². The summed E-state index contributed by atoms with van der Waals surface area (Å²) in [5, 5.41) is 0. The Labute approximate surface area is 182 Å². The van der Waals surface area contributed by atoms with Gasteiger partial charge in [0.1, 0.15) is 0 Å². The van der Waals surface area contributed by atoms with E-state index < -0.39 is 0 Å². The zero-order chi connectivity index (χ0) is 18.5. The van der Waals surface area contributed by atoms with Crippen molar-refractivity contribution in [1.29, 1.82) is 0 Å². The third-order valence-corrected chi connectivity index (χ3v) is 4.99. The average molecular weight is 451 g/mol. The number of hydrogen-bond donors (Lipinski definition) is 0. The van der Waals surface area contributed by atoms with E-state index in [9.17, 15) is 0 Å². The molecule has 0 aliphatic carbocycles. The smallest absolute Gasteiger partial charge is 0.343 e. The van der Waals surface area contributed by atoms with E-state index in [2.05, 4.69) is 41.5 Å². The molecule has 0 fully saturated rings. The summed E-state index contributed by atoms with van der Waals surface area (Å²) in [6.45, 7) is 17.0. The van der Waals surface area contributed by atoms with Gasteiger partial charge in [-0.2, -0.15) is 12.8 Å². The topological polar surface area (TPSA) is 0 Å². The molecule has 0 bridgehead atoms. The van der Waals surface area contributed by atoms with Gasteiger partial charge in [-0.3, -0.25) is 0 Å². The number of hydrogen-bond acceptors (Lipinski definition) is 0. The number of rotatable bonds is 16. The second-order valence-corrected chi connectivity index (χ2v) is 7.90. The van der Waals surface area contributed by atoms with Crippen LogP contribution in [0.1, 0.15) is 130 Å². The Hall–Kier alpha value is 0.922. The van der Waals surface area contributed by atoms with Gasteiger partial charge in [-0.1, -0.05) is 118 Å². The predicted octanol–water partition coefficient (Wildman–Crippen LogP) is 9.19. The first-order valence-corrected chi connectivity index (χ1v) is 11.2.